The molecule has 0 radical (unpaired) electrons. The summed E-state index contributed by atoms with van der Waals surface area (Å²) >= 11 is 1.49. The molecule has 1 heterocycles. The van der Waals surface area contributed by atoms with Gasteiger partial charge in [-0.05, 0) is 23.8 Å². The summed E-state index contributed by atoms with van der Waals surface area (Å²) in [4.78, 5) is 12.7. The van der Waals surface area contributed by atoms with E-state index in [2.05, 4.69) is 33.2 Å². The molecule has 17 heavy (non-hydrogen) atoms. The van der Waals surface area contributed by atoms with Gasteiger partial charge in [0.15, 0.2) is 5.16 Å². The van der Waals surface area contributed by atoms with Gasteiger partial charge >= 0.3 is 0 Å². The normalized spacial score (nSPS) is 17.4. The molecule has 1 aromatic heterocycles. The first-order valence-corrected chi connectivity index (χ1v) is 6.63. The highest BCUT2D eigenvalue weighted by Crippen LogP contribution is 2.38. The summed E-state index contributed by atoms with van der Waals surface area (Å²) in [5.74, 6) is 1.38. The number of rotatable bonds is 2. The van der Waals surface area contributed by atoms with Crippen LogP contribution in [-0.2, 0) is 6.42 Å². The number of nitrogens with two attached hydrogens (primary N) is 1. The molecule has 1 aliphatic carbocycles. The van der Waals surface area contributed by atoms with E-state index in [0.29, 0.717) is 11.1 Å². The van der Waals surface area contributed by atoms with E-state index >= 15 is 0 Å². The number of nitrogen functional groups attached to an aromatic ring is 1. The quantitative estimate of drug-likeness (QED) is 0.817. The van der Waals surface area contributed by atoms with Crippen LogP contribution in [0.15, 0.2) is 29.4 Å². The molecule has 2 N–H and O–H groups in total. The van der Waals surface area contributed by atoms with Crippen molar-refractivity contribution in [3.63, 3.8) is 0 Å². The van der Waals surface area contributed by atoms with Crippen LogP contribution in [0.1, 0.15) is 22.9 Å². The maximum absolute atomic E-state index is 5.70. The highest BCUT2D eigenvalue weighted by atomic mass is 32.2. The number of anilines is 1. The van der Waals surface area contributed by atoms with E-state index in [1.807, 2.05) is 12.3 Å². The molecule has 0 aliphatic heterocycles. The van der Waals surface area contributed by atoms with Crippen LogP contribution in [0.25, 0.3) is 0 Å². The molecule has 3 rings (SSSR count). The Morgan fingerprint density at radius 2 is 2.06 bits per heavy atom. The lowest BCUT2D eigenvalue weighted by Crippen LogP contribution is -2.21. The van der Waals surface area contributed by atoms with E-state index in [1.54, 1.807) is 0 Å². The number of benzene rings is 1. The second-order valence-electron chi connectivity index (χ2n) is 3.99. The molecular formula is C12H12N4S. The molecule has 2 aromatic rings. The minimum Gasteiger partial charge on any atom is -0.368 e. The molecule has 0 saturated carbocycles. The van der Waals surface area contributed by atoms with Gasteiger partial charge in [-0.3, -0.25) is 0 Å². The van der Waals surface area contributed by atoms with Crippen LogP contribution in [0.5, 0.6) is 0 Å². The number of aromatic nitrogens is 3. The van der Waals surface area contributed by atoms with E-state index < -0.39 is 0 Å². The smallest absolute Gasteiger partial charge is 0.224 e. The molecule has 0 bridgehead atoms. The average Bonchev–Trinajstić information content (AvgIpc) is 2.30. The van der Waals surface area contributed by atoms with Gasteiger partial charge in [0.05, 0.1) is 0 Å². The Hall–Kier alpha value is -1.62. The van der Waals surface area contributed by atoms with Crippen LogP contribution in [0.2, 0.25) is 0 Å². The summed E-state index contributed by atoms with van der Waals surface area (Å²) in [5.41, 5.74) is 8.38. The van der Waals surface area contributed by atoms with Crippen molar-refractivity contribution in [3.8, 4) is 0 Å². The van der Waals surface area contributed by atoms with Crippen molar-refractivity contribution >= 4 is 17.7 Å². The Bertz CT molecular complexity index is 570. The number of hydrogen-bond acceptors (Lipinski definition) is 5. The summed E-state index contributed by atoms with van der Waals surface area (Å²) in [6.45, 7) is 0. The highest BCUT2D eigenvalue weighted by Gasteiger charge is 2.29. The van der Waals surface area contributed by atoms with Crippen molar-refractivity contribution in [2.75, 3.05) is 12.0 Å². The lowest BCUT2D eigenvalue weighted by atomic mass is 9.77. The summed E-state index contributed by atoms with van der Waals surface area (Å²) in [6, 6.07) is 8.38. The predicted molar refractivity (Wildman–Crippen MR) is 68.0 cm³/mol. The van der Waals surface area contributed by atoms with Crippen molar-refractivity contribution < 1.29 is 0 Å². The van der Waals surface area contributed by atoms with E-state index in [1.165, 1.54) is 22.9 Å². The number of thioether (sulfide) groups is 1. The van der Waals surface area contributed by atoms with E-state index in [4.69, 9.17) is 5.73 Å². The van der Waals surface area contributed by atoms with E-state index in [9.17, 15) is 0 Å². The van der Waals surface area contributed by atoms with Crippen LogP contribution < -0.4 is 5.73 Å². The SMILES string of the molecule is CSc1nc(N)nc(C2Cc3ccccc32)n1. The van der Waals surface area contributed by atoms with E-state index in [0.717, 1.165) is 12.2 Å². The second kappa shape index (κ2) is 4.00. The number of hydrogen-bond donors (Lipinski definition) is 1. The van der Waals surface area contributed by atoms with Gasteiger partial charge in [0.25, 0.3) is 0 Å². The zero-order valence-corrected chi connectivity index (χ0v) is 10.2. The molecule has 0 spiro atoms. The molecule has 0 saturated heterocycles. The van der Waals surface area contributed by atoms with Crippen molar-refractivity contribution in [1.82, 2.24) is 15.0 Å². The van der Waals surface area contributed by atoms with Crippen LogP contribution in [-0.4, -0.2) is 21.2 Å². The first-order chi connectivity index (χ1) is 8.28. The fourth-order valence-electron chi connectivity index (χ4n) is 2.12. The Balaban J connectivity index is 2.00. The van der Waals surface area contributed by atoms with Crippen LogP contribution in [0.4, 0.5) is 5.95 Å². The summed E-state index contributed by atoms with van der Waals surface area (Å²) in [7, 11) is 0. The molecular weight excluding hydrogens is 232 g/mol. The van der Waals surface area contributed by atoms with Gasteiger partial charge in [-0.25, -0.2) is 4.98 Å². The van der Waals surface area contributed by atoms with Crippen LogP contribution in [0, 0.1) is 0 Å². The monoisotopic (exact) mass is 244 g/mol. The topological polar surface area (TPSA) is 64.7 Å². The molecule has 1 unspecified atom stereocenters. The van der Waals surface area contributed by atoms with Crippen molar-refractivity contribution in [1.29, 1.82) is 0 Å². The minimum absolute atomic E-state index is 0.280. The first-order valence-electron chi connectivity index (χ1n) is 5.41. The molecule has 86 valence electrons. The zero-order chi connectivity index (χ0) is 11.8. The van der Waals surface area contributed by atoms with Crippen molar-refractivity contribution in [3.05, 3.63) is 41.2 Å². The standard InChI is InChI=1S/C12H12N4S/c1-17-12-15-10(14-11(13)16-12)9-6-7-4-2-3-5-8(7)9/h2-5,9H,6H2,1H3,(H2,13,14,15,16). The minimum atomic E-state index is 0.280. The van der Waals surface area contributed by atoms with E-state index in [-0.39, 0.29) is 5.92 Å². The second-order valence-corrected chi connectivity index (χ2v) is 4.77. The number of fused-ring (bicyclic) bond motifs is 1. The Kier molecular flexibility index (Phi) is 2.48. The molecule has 4 nitrogen and oxygen atoms in total. The average molecular weight is 244 g/mol. The molecule has 1 aromatic carbocycles. The van der Waals surface area contributed by atoms with Gasteiger partial charge in [0.2, 0.25) is 5.95 Å². The molecule has 0 fully saturated rings. The third-order valence-corrected chi connectivity index (χ3v) is 3.55. The Morgan fingerprint density at radius 1 is 1.24 bits per heavy atom. The largest absolute Gasteiger partial charge is 0.368 e. The van der Waals surface area contributed by atoms with Gasteiger partial charge in [0.1, 0.15) is 5.82 Å². The van der Waals surface area contributed by atoms with Crippen LogP contribution >= 0.6 is 11.8 Å². The summed E-state index contributed by atoms with van der Waals surface area (Å²) in [5, 5.41) is 0.692. The Morgan fingerprint density at radius 3 is 2.82 bits per heavy atom. The molecule has 1 atom stereocenters. The third-order valence-electron chi connectivity index (χ3n) is 3.00. The third kappa shape index (κ3) is 1.76. The van der Waals surface area contributed by atoms with Crippen molar-refractivity contribution in [2.24, 2.45) is 0 Å². The summed E-state index contributed by atoms with van der Waals surface area (Å²) in [6.07, 6.45) is 2.93. The molecule has 0 amide bonds. The fourth-order valence-corrected chi connectivity index (χ4v) is 2.49. The first kappa shape index (κ1) is 10.5. The fraction of sp³-hybridized carbons (Fsp3) is 0.250. The molecule has 1 aliphatic rings. The predicted octanol–water partition coefficient (Wildman–Crippen LogP) is 1.86. The van der Waals surface area contributed by atoms with Crippen molar-refractivity contribution in [2.45, 2.75) is 17.5 Å². The highest BCUT2D eigenvalue weighted by molar-refractivity contribution is 7.98. The van der Waals surface area contributed by atoms with Gasteiger partial charge in [-0.15, -0.1) is 0 Å². The van der Waals surface area contributed by atoms with Gasteiger partial charge in [0, 0.05) is 5.92 Å². The maximum Gasteiger partial charge on any atom is 0.224 e. The lowest BCUT2D eigenvalue weighted by Gasteiger charge is -2.28. The Labute approximate surface area is 104 Å². The summed E-state index contributed by atoms with van der Waals surface area (Å²) < 4.78 is 0. The maximum atomic E-state index is 5.70. The van der Waals surface area contributed by atoms with Crippen LogP contribution in [0.3, 0.4) is 0 Å². The zero-order valence-electron chi connectivity index (χ0n) is 9.42. The van der Waals surface area contributed by atoms with Gasteiger partial charge in [-0.1, -0.05) is 36.0 Å². The molecule has 5 heteroatoms. The van der Waals surface area contributed by atoms with Gasteiger partial charge < -0.3 is 5.73 Å². The van der Waals surface area contributed by atoms with Gasteiger partial charge in [-0.2, -0.15) is 9.97 Å². The number of nitrogens with zero attached hydrogens (tertiary/aromatic N) is 3. The lowest BCUT2D eigenvalue weighted by molar-refractivity contribution is 0.640.